The van der Waals surface area contributed by atoms with Crippen molar-refractivity contribution in [2.45, 2.75) is 44.6 Å². The Morgan fingerprint density at radius 3 is 2.75 bits per heavy atom. The van der Waals surface area contributed by atoms with Crippen molar-refractivity contribution in [3.8, 4) is 0 Å². The normalized spacial score (nSPS) is 25.2. The largest absolute Gasteiger partial charge is 0.396 e. The van der Waals surface area contributed by atoms with Crippen molar-refractivity contribution in [1.29, 1.82) is 0 Å². The molecule has 24 heavy (non-hydrogen) atoms. The number of amides is 1. The Morgan fingerprint density at radius 1 is 1.38 bits per heavy atom. The molecule has 0 bridgehead atoms. The Morgan fingerprint density at radius 2 is 2.08 bits per heavy atom. The van der Waals surface area contributed by atoms with E-state index in [0.717, 1.165) is 31.2 Å². The zero-order valence-electron chi connectivity index (χ0n) is 13.8. The van der Waals surface area contributed by atoms with E-state index in [9.17, 15) is 9.90 Å². The average molecular weight is 351 g/mol. The van der Waals surface area contributed by atoms with E-state index in [-0.39, 0.29) is 17.9 Å². The van der Waals surface area contributed by atoms with E-state index in [4.69, 9.17) is 16.4 Å². The number of aliphatic hydroxyl groups is 1. The lowest BCUT2D eigenvalue weighted by Crippen LogP contribution is -2.48. The lowest BCUT2D eigenvalue weighted by Gasteiger charge is -2.29. The minimum atomic E-state index is -1.04. The van der Waals surface area contributed by atoms with Crippen LogP contribution in [0.25, 0.3) is 0 Å². The number of rotatable bonds is 5. The molecule has 2 N–H and O–H groups in total. The van der Waals surface area contributed by atoms with Crippen LogP contribution in [0.5, 0.6) is 0 Å². The summed E-state index contributed by atoms with van der Waals surface area (Å²) in [7, 11) is 0. The van der Waals surface area contributed by atoms with Crippen molar-refractivity contribution in [2.75, 3.05) is 13.2 Å². The Kier molecular flexibility index (Phi) is 4.83. The molecule has 1 aliphatic heterocycles. The van der Waals surface area contributed by atoms with Crippen molar-refractivity contribution in [1.82, 2.24) is 5.32 Å². The summed E-state index contributed by atoms with van der Waals surface area (Å²) < 4.78 is 0. The molecule has 1 saturated carbocycles. The molecular formula is C18H23ClN2O3. The summed E-state index contributed by atoms with van der Waals surface area (Å²) in [6, 6.07) is 7.39. The van der Waals surface area contributed by atoms with Crippen LogP contribution in [-0.2, 0) is 9.63 Å². The summed E-state index contributed by atoms with van der Waals surface area (Å²) in [4.78, 5) is 18.1. The molecule has 3 rings (SSSR count). The summed E-state index contributed by atoms with van der Waals surface area (Å²) in [5.41, 5.74) is 0.246. The number of nitrogens with zero attached hydrogens (tertiary/aromatic N) is 1. The lowest BCUT2D eigenvalue weighted by molar-refractivity contribution is -0.142. The fourth-order valence-electron chi connectivity index (χ4n) is 3.47. The summed E-state index contributed by atoms with van der Waals surface area (Å²) in [6.45, 7) is 2.31. The summed E-state index contributed by atoms with van der Waals surface area (Å²) in [5, 5.41) is 17.3. The van der Waals surface area contributed by atoms with Crippen LogP contribution in [0.15, 0.2) is 29.4 Å². The van der Waals surface area contributed by atoms with Crippen LogP contribution in [0.4, 0.5) is 0 Å². The van der Waals surface area contributed by atoms with Gasteiger partial charge in [0.25, 0.3) is 5.91 Å². The summed E-state index contributed by atoms with van der Waals surface area (Å²) >= 11 is 6.20. The second-order valence-electron chi connectivity index (χ2n) is 7.06. The van der Waals surface area contributed by atoms with Gasteiger partial charge in [-0.05, 0) is 25.8 Å². The lowest BCUT2D eigenvalue weighted by atomic mass is 9.86. The van der Waals surface area contributed by atoms with Crippen LogP contribution in [0.3, 0.4) is 0 Å². The van der Waals surface area contributed by atoms with Crippen molar-refractivity contribution >= 4 is 23.2 Å². The maximum Gasteiger partial charge on any atom is 0.267 e. The van der Waals surface area contributed by atoms with Crippen LogP contribution in [0.1, 0.15) is 44.6 Å². The average Bonchev–Trinajstić information content (AvgIpc) is 3.21. The van der Waals surface area contributed by atoms with E-state index in [2.05, 4.69) is 10.5 Å². The first kappa shape index (κ1) is 17.2. The van der Waals surface area contributed by atoms with Gasteiger partial charge in [0.15, 0.2) is 0 Å². The third-order valence-electron chi connectivity index (χ3n) is 5.15. The second kappa shape index (κ2) is 6.73. The Labute approximate surface area is 147 Å². The number of carbonyl (C=O) groups is 1. The quantitative estimate of drug-likeness (QED) is 0.857. The number of oxime groups is 1. The zero-order valence-corrected chi connectivity index (χ0v) is 14.6. The third kappa shape index (κ3) is 3.28. The highest BCUT2D eigenvalue weighted by Gasteiger charge is 2.43. The van der Waals surface area contributed by atoms with Gasteiger partial charge >= 0.3 is 0 Å². The molecule has 0 aromatic heterocycles. The van der Waals surface area contributed by atoms with E-state index in [1.54, 1.807) is 13.0 Å². The standard InChI is InChI=1S/C18H23ClN2O3/c1-17(16(23)20-11-18(12-22)8-4-5-9-18)10-15(21-24-17)13-6-2-3-7-14(13)19/h2-3,6-7,22H,4-5,8-12H2,1H3,(H,20,23). The first-order valence-electron chi connectivity index (χ1n) is 8.37. The van der Waals surface area contributed by atoms with E-state index >= 15 is 0 Å². The second-order valence-corrected chi connectivity index (χ2v) is 7.47. The molecule has 130 valence electrons. The number of hydrogen-bond donors (Lipinski definition) is 2. The van der Waals surface area contributed by atoms with Crippen LogP contribution >= 0.6 is 11.6 Å². The molecule has 2 aliphatic rings. The predicted octanol–water partition coefficient (Wildman–Crippen LogP) is 2.89. The SMILES string of the molecule is CC1(C(=O)NCC2(CO)CCCC2)CC(c2ccccc2Cl)=NO1. The highest BCUT2D eigenvalue weighted by Crippen LogP contribution is 2.37. The smallest absolute Gasteiger partial charge is 0.267 e. The molecule has 0 radical (unpaired) electrons. The van der Waals surface area contributed by atoms with E-state index < -0.39 is 5.60 Å². The van der Waals surface area contributed by atoms with Crippen molar-refractivity contribution in [2.24, 2.45) is 10.6 Å². The third-order valence-corrected chi connectivity index (χ3v) is 5.48. The molecule has 6 heteroatoms. The fourth-order valence-corrected chi connectivity index (χ4v) is 3.72. The van der Waals surface area contributed by atoms with Crippen LogP contribution in [0, 0.1) is 5.41 Å². The topological polar surface area (TPSA) is 70.9 Å². The summed E-state index contributed by atoms with van der Waals surface area (Å²) in [5.74, 6) is -0.201. The summed E-state index contributed by atoms with van der Waals surface area (Å²) in [6.07, 6.45) is 4.47. The molecular weight excluding hydrogens is 328 g/mol. The van der Waals surface area contributed by atoms with Crippen LogP contribution < -0.4 is 5.32 Å². The first-order valence-corrected chi connectivity index (χ1v) is 8.75. The molecule has 1 fully saturated rings. The molecule has 0 saturated heterocycles. The fraction of sp³-hybridized carbons (Fsp3) is 0.556. The van der Waals surface area contributed by atoms with Gasteiger partial charge in [-0.1, -0.05) is 47.8 Å². The Hall–Kier alpha value is -1.59. The molecule has 1 atom stereocenters. The van der Waals surface area contributed by atoms with Crippen molar-refractivity contribution < 1.29 is 14.7 Å². The highest BCUT2D eigenvalue weighted by atomic mass is 35.5. The van der Waals surface area contributed by atoms with E-state index in [1.165, 1.54) is 0 Å². The van der Waals surface area contributed by atoms with Crippen LogP contribution in [0.2, 0.25) is 5.02 Å². The minimum absolute atomic E-state index is 0.103. The number of halogens is 1. The first-order chi connectivity index (χ1) is 11.5. The van der Waals surface area contributed by atoms with Gasteiger partial charge in [0, 0.05) is 29.0 Å². The van der Waals surface area contributed by atoms with Gasteiger partial charge in [-0.3, -0.25) is 4.79 Å². The Balaban J connectivity index is 1.63. The Bertz CT molecular complexity index is 655. The monoisotopic (exact) mass is 350 g/mol. The van der Waals surface area contributed by atoms with Crippen molar-refractivity contribution in [3.05, 3.63) is 34.9 Å². The molecule has 1 heterocycles. The number of nitrogens with one attached hydrogen (secondary N) is 1. The van der Waals surface area contributed by atoms with E-state index in [0.29, 0.717) is 23.7 Å². The van der Waals surface area contributed by atoms with Gasteiger partial charge < -0.3 is 15.3 Å². The molecule has 1 amide bonds. The van der Waals surface area contributed by atoms with Crippen LogP contribution in [-0.4, -0.2) is 35.5 Å². The molecule has 5 nitrogen and oxygen atoms in total. The van der Waals surface area contributed by atoms with Gasteiger partial charge in [0.1, 0.15) is 0 Å². The molecule has 0 spiro atoms. The predicted molar refractivity (Wildman–Crippen MR) is 93.1 cm³/mol. The maximum atomic E-state index is 12.6. The van der Waals surface area contributed by atoms with Gasteiger partial charge in [-0.2, -0.15) is 0 Å². The number of aliphatic hydroxyl groups excluding tert-OH is 1. The number of benzene rings is 1. The van der Waals surface area contributed by atoms with Crippen molar-refractivity contribution in [3.63, 3.8) is 0 Å². The van der Waals surface area contributed by atoms with Gasteiger partial charge in [-0.15, -0.1) is 0 Å². The van der Waals surface area contributed by atoms with Gasteiger partial charge in [0.05, 0.1) is 12.3 Å². The maximum absolute atomic E-state index is 12.6. The number of carbonyl (C=O) groups excluding carboxylic acids is 1. The zero-order chi connectivity index (χ0) is 17.2. The van der Waals surface area contributed by atoms with E-state index in [1.807, 2.05) is 18.2 Å². The molecule has 1 aliphatic carbocycles. The van der Waals surface area contributed by atoms with Gasteiger partial charge in [-0.25, -0.2) is 0 Å². The van der Waals surface area contributed by atoms with Gasteiger partial charge in [0.2, 0.25) is 5.60 Å². The molecule has 1 aromatic rings. The number of hydrogen-bond acceptors (Lipinski definition) is 4. The highest BCUT2D eigenvalue weighted by molar-refractivity contribution is 6.34. The minimum Gasteiger partial charge on any atom is -0.396 e. The molecule has 1 unspecified atom stereocenters. The molecule has 1 aromatic carbocycles.